The highest BCUT2D eigenvalue weighted by atomic mass is 32.2. The van der Waals surface area contributed by atoms with Gasteiger partial charge >= 0.3 is 11.9 Å². The van der Waals surface area contributed by atoms with Crippen molar-refractivity contribution in [3.63, 3.8) is 0 Å². The van der Waals surface area contributed by atoms with Gasteiger partial charge in [0.25, 0.3) is 0 Å². The molecular weight excluding hydrogens is 667 g/mol. The summed E-state index contributed by atoms with van der Waals surface area (Å²) in [6, 6.07) is 13.8. The van der Waals surface area contributed by atoms with Gasteiger partial charge in [-0.25, -0.2) is 4.68 Å². The number of fused-ring (bicyclic) bond motifs is 1. The van der Waals surface area contributed by atoms with E-state index in [-0.39, 0.29) is 44.7 Å². The Hall–Kier alpha value is -3.73. The number of hydrogen-bond acceptors (Lipinski definition) is 11. The van der Waals surface area contributed by atoms with E-state index in [9.17, 15) is 29.4 Å². The maximum absolute atomic E-state index is 13.5. The van der Waals surface area contributed by atoms with E-state index in [0.29, 0.717) is 22.4 Å². The van der Waals surface area contributed by atoms with Crippen LogP contribution in [-0.4, -0.2) is 88.4 Å². The summed E-state index contributed by atoms with van der Waals surface area (Å²) in [6.07, 6.45) is 1.43. The number of aliphatic hydroxyl groups excluding tert-OH is 1. The normalized spacial score (nSPS) is 12.7. The Bertz CT molecular complexity index is 1550. The lowest BCUT2D eigenvalue weighted by Crippen LogP contribution is -2.41. The van der Waals surface area contributed by atoms with Crippen LogP contribution in [0, 0.1) is 11.3 Å². The summed E-state index contributed by atoms with van der Waals surface area (Å²) < 4.78 is 7.78. The summed E-state index contributed by atoms with van der Waals surface area (Å²) >= 11 is 7.47. The highest BCUT2D eigenvalue weighted by Crippen LogP contribution is 2.33. The molecule has 2 atom stereocenters. The van der Waals surface area contributed by atoms with Gasteiger partial charge in [0, 0.05) is 18.2 Å². The zero-order chi connectivity index (χ0) is 34.4. The molecule has 13 nitrogen and oxygen atoms in total. The van der Waals surface area contributed by atoms with Crippen LogP contribution in [0.1, 0.15) is 38.8 Å². The average Bonchev–Trinajstić information content (AvgIpc) is 3.48. The molecule has 5 N–H and O–H groups in total. The Kier molecular flexibility index (Phi) is 14.9. The van der Waals surface area contributed by atoms with E-state index >= 15 is 0 Å². The minimum atomic E-state index is -1.29. The van der Waals surface area contributed by atoms with Crippen molar-refractivity contribution in [1.29, 1.82) is 0 Å². The van der Waals surface area contributed by atoms with Gasteiger partial charge < -0.3 is 30.7 Å². The predicted molar refractivity (Wildman–Crippen MR) is 184 cm³/mol. The Labute approximate surface area is 286 Å². The number of carbonyl (C=O) groups excluding carboxylic acids is 2. The molecule has 1 aromatic heterocycles. The van der Waals surface area contributed by atoms with Gasteiger partial charge in [-0.05, 0) is 49.6 Å². The van der Waals surface area contributed by atoms with Crippen LogP contribution in [0.25, 0.3) is 10.8 Å². The molecule has 2 unspecified atom stereocenters. The van der Waals surface area contributed by atoms with Crippen LogP contribution < -0.4 is 15.4 Å². The fraction of sp³-hybridized carbons (Fsp3) is 0.452. The van der Waals surface area contributed by atoms with Gasteiger partial charge in [-0.15, -0.1) is 16.9 Å². The number of nitrogens with one attached hydrogen (secondary N) is 2. The summed E-state index contributed by atoms with van der Waals surface area (Å²) in [5.41, 5.74) is -0.813. The van der Waals surface area contributed by atoms with Gasteiger partial charge in [-0.3, -0.25) is 19.2 Å². The van der Waals surface area contributed by atoms with Crippen LogP contribution >= 0.6 is 35.7 Å². The van der Waals surface area contributed by atoms with E-state index in [1.54, 1.807) is 10.9 Å². The summed E-state index contributed by atoms with van der Waals surface area (Å²) in [7, 11) is 0. The number of aliphatic hydroxyl groups is 1. The van der Waals surface area contributed by atoms with Crippen molar-refractivity contribution in [3.05, 3.63) is 54.4 Å². The second kappa shape index (κ2) is 18.6. The number of ether oxygens (including phenoxy) is 1. The lowest BCUT2D eigenvalue weighted by atomic mass is 9.80. The van der Waals surface area contributed by atoms with Crippen molar-refractivity contribution in [1.82, 2.24) is 25.6 Å². The van der Waals surface area contributed by atoms with Gasteiger partial charge in [-0.2, -0.15) is 0 Å². The molecule has 0 saturated carbocycles. The molecule has 1 heterocycles. The number of aromatic nitrogens is 3. The molecule has 2 amide bonds. The van der Waals surface area contributed by atoms with Gasteiger partial charge in [0.15, 0.2) is 0 Å². The molecule has 0 bridgehead atoms. The largest absolute Gasteiger partial charge is 0.492 e. The van der Waals surface area contributed by atoms with Gasteiger partial charge in [-0.1, -0.05) is 59.5 Å². The molecule has 0 aliphatic carbocycles. The first-order valence-electron chi connectivity index (χ1n) is 14.8. The van der Waals surface area contributed by atoms with Crippen molar-refractivity contribution in [2.75, 3.05) is 25.5 Å². The first-order valence-corrected chi connectivity index (χ1v) is 17.1. The molecule has 3 aromatic rings. The van der Waals surface area contributed by atoms with E-state index in [2.05, 4.69) is 20.9 Å². The second-order valence-corrected chi connectivity index (χ2v) is 14.7. The third kappa shape index (κ3) is 12.8. The van der Waals surface area contributed by atoms with Crippen LogP contribution in [-0.2, 0) is 32.3 Å². The fourth-order valence-electron chi connectivity index (χ4n) is 4.48. The number of aliphatic carboxylic acids is 2. The number of nitrogens with zero attached hydrogens (tertiary/aromatic N) is 3. The Balaban J connectivity index is 1.63. The molecule has 0 fully saturated rings. The number of thiocarbonyl (C=S) groups is 1. The Morgan fingerprint density at radius 1 is 1.06 bits per heavy atom. The molecule has 254 valence electrons. The number of hydrogen-bond donors (Lipinski definition) is 5. The minimum Gasteiger partial charge on any atom is -0.492 e. The minimum absolute atomic E-state index is 0.0186. The van der Waals surface area contributed by atoms with E-state index < -0.39 is 40.3 Å². The van der Waals surface area contributed by atoms with E-state index in [1.807, 2.05) is 42.5 Å². The van der Waals surface area contributed by atoms with Gasteiger partial charge in [0.2, 0.25) is 11.8 Å². The second-order valence-electron chi connectivity index (χ2n) is 11.2. The molecule has 0 aliphatic rings. The van der Waals surface area contributed by atoms with E-state index in [4.69, 9.17) is 22.1 Å². The zero-order valence-electron chi connectivity index (χ0n) is 26.1. The molecule has 0 saturated heterocycles. The molecule has 16 heteroatoms. The Morgan fingerprint density at radius 2 is 1.81 bits per heavy atom. The predicted octanol–water partition coefficient (Wildman–Crippen LogP) is 3.34. The smallest absolute Gasteiger partial charge is 0.309 e. The quantitative estimate of drug-likeness (QED) is 0.114. The summed E-state index contributed by atoms with van der Waals surface area (Å²) in [6.45, 7) is 3.46. The van der Waals surface area contributed by atoms with Crippen molar-refractivity contribution in [2.24, 2.45) is 11.3 Å². The average molecular weight is 706 g/mol. The number of carboxylic acid groups (broad SMARTS) is 2. The fourth-order valence-corrected chi connectivity index (χ4v) is 7.15. The number of carbonyl (C=O) groups is 4. The van der Waals surface area contributed by atoms with Crippen molar-refractivity contribution >= 4 is 73.8 Å². The van der Waals surface area contributed by atoms with Gasteiger partial charge in [0.05, 0.1) is 43.0 Å². The molecule has 0 aliphatic heterocycles. The van der Waals surface area contributed by atoms with Crippen LogP contribution in [0.4, 0.5) is 0 Å². The van der Waals surface area contributed by atoms with Crippen LogP contribution in [0.3, 0.4) is 0 Å². The number of benzene rings is 2. The van der Waals surface area contributed by atoms with Crippen molar-refractivity contribution in [3.8, 4) is 5.75 Å². The standard InChI is InChI=1S/C31H39N5O8S3/c1-31(2,29(42)43)17-22(16-25(28(41)32-10-12-37)47-30(45)46-14-9-26(38)39)27(40)33-18-23-19-36(35-34-23)11-13-44-24-8-7-20-5-3-4-6-21(20)15-24/h3-8,15,19,22,25,37H,9-14,16-18H2,1-2H3,(H,32,41)(H,33,40)(H,38,39)(H,42,43). The highest BCUT2D eigenvalue weighted by Gasteiger charge is 2.37. The lowest BCUT2D eigenvalue weighted by Gasteiger charge is -2.28. The third-order valence-corrected chi connectivity index (χ3v) is 9.83. The number of rotatable bonds is 19. The third-order valence-electron chi connectivity index (χ3n) is 7.02. The number of amides is 2. The maximum Gasteiger partial charge on any atom is 0.309 e. The van der Waals surface area contributed by atoms with E-state index in [1.165, 1.54) is 13.8 Å². The zero-order valence-corrected chi connectivity index (χ0v) is 28.5. The topological polar surface area (TPSA) is 193 Å². The lowest BCUT2D eigenvalue weighted by molar-refractivity contribution is -0.148. The van der Waals surface area contributed by atoms with Crippen LogP contribution in [0.15, 0.2) is 48.7 Å². The van der Waals surface area contributed by atoms with Gasteiger partial charge in [0.1, 0.15) is 21.6 Å². The SMILES string of the molecule is CC(C)(CC(CC(SC(=S)SCCC(=O)O)C(=O)NCCO)C(=O)NCc1cn(CCOc2ccc3ccccc3c2)nn1)C(=O)O. The first kappa shape index (κ1) is 37.7. The molecule has 0 radical (unpaired) electrons. The molecule has 47 heavy (non-hydrogen) atoms. The molecule has 3 rings (SSSR count). The van der Waals surface area contributed by atoms with Crippen molar-refractivity contribution < 1.29 is 39.2 Å². The molecule has 2 aromatic carbocycles. The number of carboxylic acids is 2. The summed E-state index contributed by atoms with van der Waals surface area (Å²) in [5, 5.41) is 42.8. The summed E-state index contributed by atoms with van der Waals surface area (Å²) in [4.78, 5) is 49.3. The van der Waals surface area contributed by atoms with Crippen molar-refractivity contribution in [2.45, 2.75) is 51.4 Å². The molecular formula is C31H39N5O8S3. The number of thioether (sulfide) groups is 2. The van der Waals surface area contributed by atoms with Crippen LogP contribution in [0.2, 0.25) is 0 Å². The van der Waals surface area contributed by atoms with Crippen LogP contribution in [0.5, 0.6) is 5.75 Å². The highest BCUT2D eigenvalue weighted by molar-refractivity contribution is 8.47. The molecule has 0 spiro atoms. The van der Waals surface area contributed by atoms with E-state index in [0.717, 1.165) is 40.0 Å². The first-order chi connectivity index (χ1) is 22.4. The summed E-state index contributed by atoms with van der Waals surface area (Å²) in [5.74, 6) is -3.01. The maximum atomic E-state index is 13.5. The monoisotopic (exact) mass is 705 g/mol. The Morgan fingerprint density at radius 3 is 2.51 bits per heavy atom.